The van der Waals surface area contributed by atoms with Crippen LogP contribution < -0.4 is 4.90 Å². The van der Waals surface area contributed by atoms with E-state index in [9.17, 15) is 4.79 Å². The fraction of sp³-hybridized carbons (Fsp3) is 0.471. The minimum Gasteiger partial charge on any atom is -0.362 e. The number of hydrogen-bond donors (Lipinski definition) is 0. The van der Waals surface area contributed by atoms with E-state index in [1.807, 2.05) is 12.1 Å². The molecule has 3 heteroatoms. The van der Waals surface area contributed by atoms with E-state index < -0.39 is 0 Å². The summed E-state index contributed by atoms with van der Waals surface area (Å²) in [7, 11) is 0. The topological polar surface area (TPSA) is 20.3 Å². The summed E-state index contributed by atoms with van der Waals surface area (Å²) in [5.41, 5.74) is 4.00. The Morgan fingerprint density at radius 2 is 2.05 bits per heavy atom. The molecule has 0 radical (unpaired) electrons. The van der Waals surface area contributed by atoms with Crippen molar-refractivity contribution in [3.63, 3.8) is 0 Å². The number of unbranched alkanes of at least 4 members (excludes halogenated alkanes) is 1. The van der Waals surface area contributed by atoms with E-state index in [1.165, 1.54) is 5.57 Å². The molecule has 0 aromatic heterocycles. The molecule has 1 aromatic carbocycles. The molecule has 2 nitrogen and oxygen atoms in total. The number of allylic oxidation sites excluding steroid dienone is 1. The number of carbonyl (C=O) groups excluding carboxylic acids is 1. The normalized spacial score (nSPS) is 16.6. The number of aldehydes is 1. The van der Waals surface area contributed by atoms with Crippen LogP contribution in [0.1, 0.15) is 56.5 Å². The molecule has 108 valence electrons. The maximum absolute atomic E-state index is 11.1. The first-order valence-electron chi connectivity index (χ1n) is 7.17. The summed E-state index contributed by atoms with van der Waals surface area (Å²) in [4.78, 5) is 13.5. The average molecular weight is 292 g/mol. The van der Waals surface area contributed by atoms with Crippen LogP contribution in [0.3, 0.4) is 0 Å². The third-order valence-corrected chi connectivity index (χ3v) is 4.29. The molecular formula is C17H22ClNO. The highest BCUT2D eigenvalue weighted by Gasteiger charge is 2.31. The number of anilines is 1. The second kappa shape index (κ2) is 5.61. The standard InChI is InChI=1S/C17H22ClNO/c1-5-6-7-19-16-9-15(18)13(11-20)8-14(16)12(2)10-17(19,3)4/h8-11H,5-7H2,1-4H3. The van der Waals surface area contributed by atoms with Crippen molar-refractivity contribution >= 4 is 29.1 Å². The second-order valence-corrected chi connectivity index (χ2v) is 6.40. The first-order valence-corrected chi connectivity index (χ1v) is 7.54. The number of halogens is 1. The summed E-state index contributed by atoms with van der Waals surface area (Å²) in [5.74, 6) is 0. The fourth-order valence-electron chi connectivity index (χ4n) is 2.93. The van der Waals surface area contributed by atoms with Crippen molar-refractivity contribution in [3.05, 3.63) is 34.4 Å². The Hall–Kier alpha value is -1.28. The molecule has 1 aromatic rings. The van der Waals surface area contributed by atoms with Gasteiger partial charge in [0.1, 0.15) is 0 Å². The molecule has 1 aliphatic heterocycles. The number of fused-ring (bicyclic) bond motifs is 1. The molecule has 0 spiro atoms. The third kappa shape index (κ3) is 2.62. The lowest BCUT2D eigenvalue weighted by Gasteiger charge is -2.43. The van der Waals surface area contributed by atoms with Gasteiger partial charge in [-0.2, -0.15) is 0 Å². The molecule has 0 bridgehead atoms. The monoisotopic (exact) mass is 291 g/mol. The molecule has 0 fully saturated rings. The van der Waals surface area contributed by atoms with Crippen LogP contribution in [0.2, 0.25) is 5.02 Å². The van der Waals surface area contributed by atoms with Gasteiger partial charge in [0.25, 0.3) is 0 Å². The number of nitrogens with zero attached hydrogens (tertiary/aromatic N) is 1. The Balaban J connectivity index is 2.57. The lowest BCUT2D eigenvalue weighted by Crippen LogP contribution is -2.45. The lowest BCUT2D eigenvalue weighted by molar-refractivity contribution is 0.112. The summed E-state index contributed by atoms with van der Waals surface area (Å²) in [6.07, 6.45) is 5.40. The Morgan fingerprint density at radius 1 is 1.35 bits per heavy atom. The van der Waals surface area contributed by atoms with E-state index in [4.69, 9.17) is 11.6 Å². The van der Waals surface area contributed by atoms with Crippen LogP contribution >= 0.6 is 11.6 Å². The van der Waals surface area contributed by atoms with Gasteiger partial charge in [-0.15, -0.1) is 0 Å². The van der Waals surface area contributed by atoms with Crippen molar-refractivity contribution in [1.82, 2.24) is 0 Å². The quantitative estimate of drug-likeness (QED) is 0.731. The predicted octanol–water partition coefficient (Wildman–Crippen LogP) is 4.95. The number of benzene rings is 1. The minimum absolute atomic E-state index is 0.0295. The van der Waals surface area contributed by atoms with Crippen LogP contribution in [-0.2, 0) is 0 Å². The van der Waals surface area contributed by atoms with E-state index in [1.54, 1.807) is 0 Å². The summed E-state index contributed by atoms with van der Waals surface area (Å²) in [5, 5.41) is 0.533. The highest BCUT2D eigenvalue weighted by atomic mass is 35.5. The summed E-state index contributed by atoms with van der Waals surface area (Å²) < 4.78 is 0. The van der Waals surface area contributed by atoms with Gasteiger partial charge in [-0.05, 0) is 44.9 Å². The van der Waals surface area contributed by atoms with Crippen molar-refractivity contribution in [2.45, 2.75) is 46.1 Å². The number of hydrogen-bond acceptors (Lipinski definition) is 2. The van der Waals surface area contributed by atoms with Gasteiger partial charge in [0.15, 0.2) is 6.29 Å². The van der Waals surface area contributed by atoms with Crippen LogP contribution in [0, 0.1) is 0 Å². The van der Waals surface area contributed by atoms with Gasteiger partial charge in [0.2, 0.25) is 0 Å². The molecule has 0 atom stereocenters. The molecule has 0 N–H and O–H groups in total. The molecule has 1 aliphatic rings. The van der Waals surface area contributed by atoms with Crippen LogP contribution in [-0.4, -0.2) is 18.4 Å². The van der Waals surface area contributed by atoms with E-state index >= 15 is 0 Å². The zero-order valence-corrected chi connectivity index (χ0v) is 13.4. The van der Waals surface area contributed by atoms with Gasteiger partial charge >= 0.3 is 0 Å². The molecule has 2 rings (SSSR count). The average Bonchev–Trinajstić information content (AvgIpc) is 2.37. The highest BCUT2D eigenvalue weighted by Crippen LogP contribution is 2.41. The zero-order chi connectivity index (χ0) is 14.9. The van der Waals surface area contributed by atoms with E-state index in [2.05, 4.69) is 38.7 Å². The maximum Gasteiger partial charge on any atom is 0.151 e. The van der Waals surface area contributed by atoms with Gasteiger partial charge in [-0.1, -0.05) is 31.0 Å². The summed E-state index contributed by atoms with van der Waals surface area (Å²) >= 11 is 6.22. The van der Waals surface area contributed by atoms with Crippen LogP contribution in [0.15, 0.2) is 18.2 Å². The Morgan fingerprint density at radius 3 is 2.65 bits per heavy atom. The molecule has 0 saturated heterocycles. The molecule has 0 aliphatic carbocycles. The molecule has 0 amide bonds. The van der Waals surface area contributed by atoms with Gasteiger partial charge in [-0.25, -0.2) is 0 Å². The van der Waals surface area contributed by atoms with Gasteiger partial charge in [0, 0.05) is 23.4 Å². The van der Waals surface area contributed by atoms with Crippen LogP contribution in [0.25, 0.3) is 5.57 Å². The smallest absolute Gasteiger partial charge is 0.151 e. The molecular weight excluding hydrogens is 270 g/mol. The zero-order valence-electron chi connectivity index (χ0n) is 12.7. The highest BCUT2D eigenvalue weighted by molar-refractivity contribution is 6.33. The van der Waals surface area contributed by atoms with E-state index in [-0.39, 0.29) is 5.54 Å². The maximum atomic E-state index is 11.1. The van der Waals surface area contributed by atoms with Gasteiger partial charge < -0.3 is 4.90 Å². The largest absolute Gasteiger partial charge is 0.362 e. The van der Waals surface area contributed by atoms with E-state index in [0.717, 1.165) is 36.9 Å². The molecule has 1 heterocycles. The molecule has 0 saturated carbocycles. The molecule has 0 unspecified atom stereocenters. The molecule has 20 heavy (non-hydrogen) atoms. The number of rotatable bonds is 4. The predicted molar refractivity (Wildman–Crippen MR) is 86.8 cm³/mol. The van der Waals surface area contributed by atoms with Crippen molar-refractivity contribution in [2.75, 3.05) is 11.4 Å². The second-order valence-electron chi connectivity index (χ2n) is 5.99. The van der Waals surface area contributed by atoms with Crippen molar-refractivity contribution in [3.8, 4) is 0 Å². The lowest BCUT2D eigenvalue weighted by atomic mass is 9.88. The minimum atomic E-state index is -0.0295. The summed E-state index contributed by atoms with van der Waals surface area (Å²) in [6.45, 7) is 9.73. The van der Waals surface area contributed by atoms with Crippen molar-refractivity contribution in [2.24, 2.45) is 0 Å². The van der Waals surface area contributed by atoms with Gasteiger partial charge in [-0.3, -0.25) is 4.79 Å². The number of carbonyl (C=O) groups is 1. The first kappa shape index (κ1) is 15.1. The van der Waals surface area contributed by atoms with Crippen LogP contribution in [0.5, 0.6) is 0 Å². The Bertz CT molecular complexity index is 560. The Kier molecular flexibility index (Phi) is 4.24. The van der Waals surface area contributed by atoms with Gasteiger partial charge in [0.05, 0.1) is 10.6 Å². The fourth-order valence-corrected chi connectivity index (χ4v) is 3.13. The van der Waals surface area contributed by atoms with E-state index in [0.29, 0.717) is 10.6 Å². The summed E-state index contributed by atoms with van der Waals surface area (Å²) in [6, 6.07) is 3.85. The SMILES string of the molecule is CCCCN1c2cc(Cl)c(C=O)cc2C(C)=CC1(C)C. The first-order chi connectivity index (χ1) is 9.40. The Labute approximate surface area is 126 Å². The third-order valence-electron chi connectivity index (χ3n) is 3.96. The van der Waals surface area contributed by atoms with Crippen LogP contribution in [0.4, 0.5) is 5.69 Å². The van der Waals surface area contributed by atoms with Crippen molar-refractivity contribution < 1.29 is 4.79 Å². The van der Waals surface area contributed by atoms with Crippen molar-refractivity contribution in [1.29, 1.82) is 0 Å².